The third-order valence-electron chi connectivity index (χ3n) is 1.54. The van der Waals surface area contributed by atoms with Crippen LogP contribution in [0.15, 0.2) is 11.2 Å². The van der Waals surface area contributed by atoms with E-state index in [1.807, 2.05) is 18.9 Å². The second-order valence-electron chi connectivity index (χ2n) is 2.25. The second kappa shape index (κ2) is 4.06. The first-order valence-corrected chi connectivity index (χ1v) is 3.91. The molecule has 0 unspecified atom stereocenters. The molecule has 0 aromatic heterocycles. The Bertz CT molecular complexity index is 198. The van der Waals surface area contributed by atoms with Crippen molar-refractivity contribution in [1.29, 1.82) is 0 Å². The summed E-state index contributed by atoms with van der Waals surface area (Å²) >= 11 is 0. The molecule has 4 nitrogen and oxygen atoms in total. The largest absolute Gasteiger partial charge is 0.265 e. The van der Waals surface area contributed by atoms with Gasteiger partial charge >= 0.3 is 0 Å². The molecule has 5 heteroatoms. The minimum Gasteiger partial charge on any atom is -0.265 e. The van der Waals surface area contributed by atoms with Crippen molar-refractivity contribution in [3.63, 3.8) is 0 Å². The van der Waals surface area contributed by atoms with Crippen LogP contribution >= 0.6 is 0 Å². The van der Waals surface area contributed by atoms with Crippen molar-refractivity contribution in [1.82, 2.24) is 15.7 Å². The van der Waals surface area contributed by atoms with Crippen LogP contribution in [-0.2, 0) is 0 Å². The van der Waals surface area contributed by atoms with E-state index in [1.54, 1.807) is 0 Å². The molecule has 1 heterocycles. The van der Waals surface area contributed by atoms with Gasteiger partial charge in [0.25, 0.3) is 0 Å². The predicted octanol–water partition coefficient (Wildman–Crippen LogP) is 0.663. The number of hydrazine groups is 2. The minimum atomic E-state index is -0.541. The average Bonchev–Trinajstić information content (AvgIpc) is 2.07. The molecular weight excluding hydrogens is 159 g/mol. The highest BCUT2D eigenvalue weighted by Gasteiger charge is 2.11. The summed E-state index contributed by atoms with van der Waals surface area (Å²) in [5, 5.41) is 6.78. The molecule has 1 aliphatic rings. The fourth-order valence-corrected chi connectivity index (χ4v) is 0.919. The van der Waals surface area contributed by atoms with E-state index in [2.05, 4.69) is 16.7 Å². The molecule has 67 valence electrons. The molecular formula is C7H12FN4. The van der Waals surface area contributed by atoms with Crippen LogP contribution in [0, 0.1) is 6.20 Å². The van der Waals surface area contributed by atoms with E-state index in [9.17, 15) is 4.39 Å². The number of halogens is 1. The number of nitrogens with zero attached hydrogens (tertiary/aromatic N) is 3. The van der Waals surface area contributed by atoms with Crippen LogP contribution in [0.3, 0.4) is 0 Å². The number of allylic oxidation sites excluding steroid dienone is 1. The summed E-state index contributed by atoms with van der Waals surface area (Å²) in [5.41, 5.74) is 2.68. The molecule has 0 saturated carbocycles. The fourth-order valence-electron chi connectivity index (χ4n) is 0.919. The molecule has 0 aromatic rings. The van der Waals surface area contributed by atoms with E-state index in [0.717, 1.165) is 19.2 Å². The van der Waals surface area contributed by atoms with Crippen LogP contribution in [0.5, 0.6) is 0 Å². The molecule has 0 spiro atoms. The maximum atomic E-state index is 12.6. The van der Waals surface area contributed by atoms with Crippen molar-refractivity contribution in [2.24, 2.45) is 5.10 Å². The van der Waals surface area contributed by atoms with Crippen LogP contribution < -0.4 is 5.43 Å². The summed E-state index contributed by atoms with van der Waals surface area (Å²) in [6.07, 6.45) is 3.69. The third kappa shape index (κ3) is 1.94. The lowest BCUT2D eigenvalue weighted by Crippen LogP contribution is -2.47. The Hall–Kier alpha value is -1.10. The summed E-state index contributed by atoms with van der Waals surface area (Å²) in [6, 6.07) is 0. The van der Waals surface area contributed by atoms with E-state index < -0.39 is 5.97 Å². The number of nitrogens with one attached hydrogen (secondary N) is 1. The van der Waals surface area contributed by atoms with Gasteiger partial charge in [0, 0.05) is 19.2 Å². The summed E-state index contributed by atoms with van der Waals surface area (Å²) in [4.78, 5) is 0. The van der Waals surface area contributed by atoms with Gasteiger partial charge in [-0.3, -0.25) is 5.43 Å². The third-order valence-corrected chi connectivity index (χ3v) is 1.54. The molecule has 0 aliphatic carbocycles. The van der Waals surface area contributed by atoms with Crippen molar-refractivity contribution in [3.8, 4) is 0 Å². The van der Waals surface area contributed by atoms with Gasteiger partial charge in [-0.25, -0.2) is 0 Å². The molecule has 1 rings (SSSR count). The number of hydrogen-bond donors (Lipinski definition) is 1. The van der Waals surface area contributed by atoms with Crippen molar-refractivity contribution in [2.45, 2.75) is 13.8 Å². The molecule has 1 aliphatic heterocycles. The summed E-state index contributed by atoms with van der Waals surface area (Å²) in [5.74, 6) is -0.541. The molecule has 0 atom stereocenters. The highest BCUT2D eigenvalue weighted by Crippen LogP contribution is 2.00. The van der Waals surface area contributed by atoms with Crippen molar-refractivity contribution in [3.05, 3.63) is 12.3 Å². The Morgan fingerprint density at radius 2 is 2.33 bits per heavy atom. The highest BCUT2D eigenvalue weighted by atomic mass is 19.1. The SMILES string of the molecule is CCN(CC)N1N=C(F)C=[C]N1. The molecule has 12 heavy (non-hydrogen) atoms. The fraction of sp³-hybridized carbons (Fsp3) is 0.571. The summed E-state index contributed by atoms with van der Waals surface area (Å²) in [7, 11) is 0. The number of hydrazone groups is 1. The van der Waals surface area contributed by atoms with Gasteiger partial charge < -0.3 is 0 Å². The molecule has 0 fully saturated rings. The van der Waals surface area contributed by atoms with Crippen LogP contribution in [0.4, 0.5) is 4.39 Å². The van der Waals surface area contributed by atoms with Gasteiger partial charge in [-0.15, -0.1) is 10.3 Å². The first-order valence-electron chi connectivity index (χ1n) is 3.91. The van der Waals surface area contributed by atoms with Gasteiger partial charge in [-0.2, -0.15) is 9.40 Å². The lowest BCUT2D eigenvalue weighted by atomic mass is 10.6. The Kier molecular flexibility index (Phi) is 3.04. The van der Waals surface area contributed by atoms with E-state index in [1.165, 1.54) is 5.23 Å². The number of hydrogen-bond acceptors (Lipinski definition) is 4. The topological polar surface area (TPSA) is 30.9 Å². The monoisotopic (exact) mass is 171 g/mol. The Morgan fingerprint density at radius 3 is 2.83 bits per heavy atom. The zero-order chi connectivity index (χ0) is 8.97. The predicted molar refractivity (Wildman–Crippen MR) is 44.3 cm³/mol. The van der Waals surface area contributed by atoms with Gasteiger partial charge in [-0.1, -0.05) is 13.8 Å². The first kappa shape index (κ1) is 8.99. The van der Waals surface area contributed by atoms with E-state index in [-0.39, 0.29) is 0 Å². The Labute approximate surface area is 71.3 Å². The Balaban J connectivity index is 2.58. The lowest BCUT2D eigenvalue weighted by molar-refractivity contribution is -0.0527. The normalized spacial score (nSPS) is 16.3. The summed E-state index contributed by atoms with van der Waals surface area (Å²) in [6.45, 7) is 5.47. The quantitative estimate of drug-likeness (QED) is 0.676. The van der Waals surface area contributed by atoms with Crippen molar-refractivity contribution in [2.75, 3.05) is 13.1 Å². The maximum absolute atomic E-state index is 12.6. The molecule has 1 radical (unpaired) electrons. The Morgan fingerprint density at radius 1 is 1.67 bits per heavy atom. The maximum Gasteiger partial charge on any atom is 0.236 e. The van der Waals surface area contributed by atoms with Gasteiger partial charge in [0.05, 0.1) is 6.20 Å². The van der Waals surface area contributed by atoms with Gasteiger partial charge in [0.2, 0.25) is 5.97 Å². The number of rotatable bonds is 3. The highest BCUT2D eigenvalue weighted by molar-refractivity contribution is 5.85. The van der Waals surface area contributed by atoms with Crippen molar-refractivity contribution < 1.29 is 4.39 Å². The van der Waals surface area contributed by atoms with Crippen LogP contribution in [0.25, 0.3) is 0 Å². The van der Waals surface area contributed by atoms with Crippen LogP contribution in [0.1, 0.15) is 13.8 Å². The van der Waals surface area contributed by atoms with E-state index in [4.69, 9.17) is 0 Å². The zero-order valence-corrected chi connectivity index (χ0v) is 7.21. The van der Waals surface area contributed by atoms with Crippen LogP contribution in [0.2, 0.25) is 0 Å². The van der Waals surface area contributed by atoms with E-state index >= 15 is 0 Å². The van der Waals surface area contributed by atoms with Gasteiger partial charge in [0.1, 0.15) is 0 Å². The summed E-state index contributed by atoms with van der Waals surface area (Å²) < 4.78 is 12.6. The lowest BCUT2D eigenvalue weighted by Gasteiger charge is -2.30. The van der Waals surface area contributed by atoms with E-state index in [0.29, 0.717) is 0 Å². The standard InChI is InChI=1S/C7H12FN4/c1-3-11(4-2)12-9-6-5-7(8)10-12/h5,9H,3-4H2,1-2H3. The second-order valence-corrected chi connectivity index (χ2v) is 2.25. The molecule has 0 saturated heterocycles. The molecule has 0 bridgehead atoms. The first-order chi connectivity index (χ1) is 5.77. The molecule has 0 aromatic carbocycles. The minimum absolute atomic E-state index is 0.541. The molecule has 0 amide bonds. The van der Waals surface area contributed by atoms with Gasteiger partial charge in [-0.05, 0) is 0 Å². The molecule has 1 N–H and O–H groups in total. The average molecular weight is 171 g/mol. The van der Waals surface area contributed by atoms with Gasteiger partial charge in [0.15, 0.2) is 0 Å². The zero-order valence-electron chi connectivity index (χ0n) is 7.21. The van der Waals surface area contributed by atoms with Crippen molar-refractivity contribution >= 4 is 5.97 Å². The van der Waals surface area contributed by atoms with Crippen LogP contribution in [-0.4, -0.2) is 29.3 Å². The smallest absolute Gasteiger partial charge is 0.236 e.